The summed E-state index contributed by atoms with van der Waals surface area (Å²) in [6.45, 7) is 0.840. The molecule has 2 heterocycles. The van der Waals surface area contributed by atoms with E-state index in [9.17, 15) is 13.2 Å². The molecule has 1 atom stereocenters. The van der Waals surface area contributed by atoms with Crippen molar-refractivity contribution in [3.05, 3.63) is 23.7 Å². The minimum absolute atomic E-state index is 0.0314. The molecule has 0 saturated carbocycles. The van der Waals surface area contributed by atoms with Crippen molar-refractivity contribution < 1.29 is 17.6 Å². The van der Waals surface area contributed by atoms with E-state index in [1.54, 1.807) is 0 Å². The van der Waals surface area contributed by atoms with Gasteiger partial charge in [0.2, 0.25) is 5.76 Å². The first kappa shape index (κ1) is 8.62. The Bertz CT molecular complexity index is 301. The third-order valence-corrected chi connectivity index (χ3v) is 2.07. The minimum atomic E-state index is -4.37. The molecular weight excluding hydrogens is 183 g/mol. The summed E-state index contributed by atoms with van der Waals surface area (Å²) in [6.07, 6.45) is -3.53. The molecule has 1 unspecified atom stereocenters. The minimum Gasteiger partial charge on any atom is -0.455 e. The first-order valence-electron chi connectivity index (χ1n) is 3.98. The highest BCUT2D eigenvalue weighted by Crippen LogP contribution is 2.33. The fraction of sp³-hybridized carbons (Fsp3) is 0.500. The van der Waals surface area contributed by atoms with Gasteiger partial charge in [-0.05, 0) is 25.1 Å². The Labute approximate surface area is 72.7 Å². The van der Waals surface area contributed by atoms with Crippen molar-refractivity contribution in [2.45, 2.75) is 18.6 Å². The lowest BCUT2D eigenvalue weighted by Gasteiger charge is -2.25. The van der Waals surface area contributed by atoms with Gasteiger partial charge in [0, 0.05) is 0 Å². The van der Waals surface area contributed by atoms with Crippen molar-refractivity contribution in [3.63, 3.8) is 0 Å². The van der Waals surface area contributed by atoms with Gasteiger partial charge >= 0.3 is 6.18 Å². The largest absolute Gasteiger partial charge is 0.455 e. The molecule has 13 heavy (non-hydrogen) atoms. The van der Waals surface area contributed by atoms with Gasteiger partial charge < -0.3 is 9.73 Å². The fourth-order valence-electron chi connectivity index (χ4n) is 1.22. The number of furan rings is 1. The van der Waals surface area contributed by atoms with Gasteiger partial charge in [-0.15, -0.1) is 0 Å². The molecule has 0 bridgehead atoms. The average Bonchev–Trinajstić information content (AvgIpc) is 2.29. The van der Waals surface area contributed by atoms with Crippen LogP contribution in [-0.2, 0) is 6.18 Å². The first-order valence-corrected chi connectivity index (χ1v) is 3.98. The normalized spacial score (nSPS) is 22.8. The van der Waals surface area contributed by atoms with Gasteiger partial charge in [0.25, 0.3) is 0 Å². The summed E-state index contributed by atoms with van der Waals surface area (Å²) in [7, 11) is 0. The van der Waals surface area contributed by atoms with E-state index in [4.69, 9.17) is 0 Å². The topological polar surface area (TPSA) is 25.2 Å². The molecule has 1 saturated heterocycles. The van der Waals surface area contributed by atoms with Crippen LogP contribution in [0.2, 0.25) is 0 Å². The molecule has 0 radical (unpaired) electrons. The van der Waals surface area contributed by atoms with E-state index in [-0.39, 0.29) is 6.04 Å². The molecule has 0 spiro atoms. The van der Waals surface area contributed by atoms with Gasteiger partial charge in [-0.1, -0.05) is 0 Å². The van der Waals surface area contributed by atoms with E-state index >= 15 is 0 Å². The van der Waals surface area contributed by atoms with Crippen LogP contribution in [0.1, 0.15) is 24.0 Å². The lowest BCUT2D eigenvalue weighted by molar-refractivity contribution is -0.153. The molecule has 1 fully saturated rings. The van der Waals surface area contributed by atoms with Crippen molar-refractivity contribution >= 4 is 0 Å². The van der Waals surface area contributed by atoms with Gasteiger partial charge in [-0.2, -0.15) is 13.2 Å². The number of alkyl halides is 3. The van der Waals surface area contributed by atoms with Crippen LogP contribution >= 0.6 is 0 Å². The van der Waals surface area contributed by atoms with E-state index in [2.05, 4.69) is 9.73 Å². The van der Waals surface area contributed by atoms with Crippen LogP contribution in [0.25, 0.3) is 0 Å². The predicted molar refractivity (Wildman–Crippen MR) is 39.1 cm³/mol. The van der Waals surface area contributed by atoms with Crippen molar-refractivity contribution in [3.8, 4) is 0 Å². The van der Waals surface area contributed by atoms with Crippen molar-refractivity contribution in [1.29, 1.82) is 0 Å². The van der Waals surface area contributed by atoms with E-state index in [0.717, 1.165) is 19.0 Å². The lowest BCUT2D eigenvalue weighted by Crippen LogP contribution is -2.34. The molecule has 1 aliphatic rings. The monoisotopic (exact) mass is 191 g/mol. The molecule has 2 rings (SSSR count). The van der Waals surface area contributed by atoms with Crippen LogP contribution in [0, 0.1) is 0 Å². The van der Waals surface area contributed by atoms with Gasteiger partial charge in [0.15, 0.2) is 0 Å². The standard InChI is InChI=1S/C8H8F3NO/c9-8(10,11)7-2-1-6(13-7)5-3-4-12-5/h1-2,5,12H,3-4H2. The summed E-state index contributed by atoms with van der Waals surface area (Å²) in [5.74, 6) is -0.547. The van der Waals surface area contributed by atoms with Crippen molar-refractivity contribution in [2.24, 2.45) is 0 Å². The smallest absolute Gasteiger partial charge is 0.449 e. The van der Waals surface area contributed by atoms with E-state index in [1.165, 1.54) is 6.07 Å². The highest BCUT2D eigenvalue weighted by Gasteiger charge is 2.36. The van der Waals surface area contributed by atoms with Crippen LogP contribution in [0.4, 0.5) is 13.2 Å². The lowest BCUT2D eigenvalue weighted by atomic mass is 10.1. The Hall–Kier alpha value is -0.970. The van der Waals surface area contributed by atoms with E-state index in [1.807, 2.05) is 0 Å². The summed E-state index contributed by atoms with van der Waals surface area (Å²) in [4.78, 5) is 0. The van der Waals surface area contributed by atoms with Crippen LogP contribution in [-0.4, -0.2) is 6.54 Å². The maximum absolute atomic E-state index is 12.1. The summed E-state index contributed by atoms with van der Waals surface area (Å²) < 4.78 is 40.9. The Morgan fingerprint density at radius 3 is 2.46 bits per heavy atom. The molecule has 0 aromatic carbocycles. The Kier molecular flexibility index (Phi) is 1.83. The quantitative estimate of drug-likeness (QED) is 0.736. The Balaban J connectivity index is 2.17. The van der Waals surface area contributed by atoms with E-state index < -0.39 is 11.9 Å². The zero-order chi connectivity index (χ0) is 9.47. The molecule has 1 aromatic heterocycles. The Morgan fingerprint density at radius 2 is 2.08 bits per heavy atom. The zero-order valence-electron chi connectivity index (χ0n) is 6.69. The van der Waals surface area contributed by atoms with Crippen LogP contribution in [0.15, 0.2) is 16.5 Å². The van der Waals surface area contributed by atoms with Crippen molar-refractivity contribution in [2.75, 3.05) is 6.54 Å². The fourth-order valence-corrected chi connectivity index (χ4v) is 1.22. The number of rotatable bonds is 1. The van der Waals surface area contributed by atoms with Gasteiger partial charge in [0.05, 0.1) is 6.04 Å². The molecule has 5 heteroatoms. The van der Waals surface area contributed by atoms with Crippen LogP contribution < -0.4 is 5.32 Å². The molecule has 1 aromatic rings. The molecular formula is C8H8F3NO. The van der Waals surface area contributed by atoms with Crippen LogP contribution in [0.3, 0.4) is 0 Å². The summed E-state index contributed by atoms with van der Waals surface area (Å²) in [5, 5.41) is 2.97. The molecule has 0 aliphatic carbocycles. The highest BCUT2D eigenvalue weighted by molar-refractivity contribution is 5.14. The summed E-state index contributed by atoms with van der Waals surface area (Å²) in [5.41, 5.74) is 0. The number of hydrogen-bond acceptors (Lipinski definition) is 2. The predicted octanol–water partition coefficient (Wildman–Crippen LogP) is 2.33. The summed E-state index contributed by atoms with van der Waals surface area (Å²) >= 11 is 0. The maximum atomic E-state index is 12.1. The van der Waals surface area contributed by atoms with Crippen molar-refractivity contribution in [1.82, 2.24) is 5.32 Å². The second-order valence-electron chi connectivity index (χ2n) is 3.00. The number of hydrogen-bond donors (Lipinski definition) is 1. The van der Waals surface area contributed by atoms with Crippen LogP contribution in [0.5, 0.6) is 0 Å². The van der Waals surface area contributed by atoms with Gasteiger partial charge in [0.1, 0.15) is 5.76 Å². The van der Waals surface area contributed by atoms with Gasteiger partial charge in [-0.3, -0.25) is 0 Å². The first-order chi connectivity index (χ1) is 6.07. The SMILES string of the molecule is FC(F)(F)c1ccc(C2CCN2)o1. The Morgan fingerprint density at radius 1 is 1.38 bits per heavy atom. The molecule has 0 amide bonds. The zero-order valence-corrected chi connectivity index (χ0v) is 6.69. The second kappa shape index (κ2) is 2.77. The second-order valence-corrected chi connectivity index (χ2v) is 3.00. The number of halogens is 3. The van der Waals surface area contributed by atoms with Gasteiger partial charge in [-0.25, -0.2) is 0 Å². The third-order valence-electron chi connectivity index (χ3n) is 2.07. The summed E-state index contributed by atoms with van der Waals surface area (Å²) in [6, 6.07) is 2.31. The molecule has 2 nitrogen and oxygen atoms in total. The third kappa shape index (κ3) is 1.56. The molecule has 72 valence electrons. The van der Waals surface area contributed by atoms with E-state index in [0.29, 0.717) is 5.76 Å². The maximum Gasteiger partial charge on any atom is 0.449 e. The highest BCUT2D eigenvalue weighted by atomic mass is 19.4. The average molecular weight is 191 g/mol. The molecule has 1 aliphatic heterocycles. The number of nitrogens with one attached hydrogen (secondary N) is 1. The molecule has 1 N–H and O–H groups in total.